The SMILES string of the molecule is O=C(Nc1ccn(CCN2CCOCC2)n1)c1cc(F)cc2ccccc12. The zero-order valence-corrected chi connectivity index (χ0v) is 14.9. The lowest BCUT2D eigenvalue weighted by molar-refractivity contribution is 0.0360. The van der Waals surface area contributed by atoms with E-state index in [0.717, 1.165) is 39.4 Å². The molecule has 1 fully saturated rings. The smallest absolute Gasteiger partial charge is 0.257 e. The third kappa shape index (κ3) is 4.15. The molecule has 0 aliphatic carbocycles. The van der Waals surface area contributed by atoms with Crippen molar-refractivity contribution in [1.82, 2.24) is 14.7 Å². The minimum Gasteiger partial charge on any atom is -0.379 e. The summed E-state index contributed by atoms with van der Waals surface area (Å²) in [5.41, 5.74) is 0.300. The Morgan fingerprint density at radius 3 is 2.81 bits per heavy atom. The molecule has 1 N–H and O–H groups in total. The van der Waals surface area contributed by atoms with Gasteiger partial charge in [0.25, 0.3) is 5.91 Å². The maximum absolute atomic E-state index is 13.9. The summed E-state index contributed by atoms with van der Waals surface area (Å²) >= 11 is 0. The standard InChI is InChI=1S/C20H21FN4O2/c21-16-13-15-3-1-2-4-17(15)18(14-16)20(26)22-19-5-6-25(23-19)8-7-24-9-11-27-12-10-24/h1-6,13-14H,7-12H2,(H,22,23,26). The average Bonchev–Trinajstić information content (AvgIpc) is 3.13. The van der Waals surface area contributed by atoms with Crippen LogP contribution >= 0.6 is 0 Å². The van der Waals surface area contributed by atoms with Gasteiger partial charge in [-0.3, -0.25) is 14.4 Å². The molecular weight excluding hydrogens is 347 g/mol. The van der Waals surface area contributed by atoms with Crippen LogP contribution < -0.4 is 5.32 Å². The van der Waals surface area contributed by atoms with Gasteiger partial charge in [0.15, 0.2) is 5.82 Å². The average molecular weight is 368 g/mol. The fourth-order valence-electron chi connectivity index (χ4n) is 3.27. The Labute approximate surface area is 156 Å². The first-order valence-corrected chi connectivity index (χ1v) is 9.02. The second-order valence-corrected chi connectivity index (χ2v) is 6.55. The van der Waals surface area contributed by atoms with Crippen LogP contribution in [0.1, 0.15) is 10.4 Å². The maximum atomic E-state index is 13.9. The second-order valence-electron chi connectivity index (χ2n) is 6.55. The number of morpholine rings is 1. The number of ether oxygens (including phenoxy) is 1. The topological polar surface area (TPSA) is 59.4 Å². The van der Waals surface area contributed by atoms with Gasteiger partial charge in [0.2, 0.25) is 0 Å². The number of anilines is 1. The van der Waals surface area contributed by atoms with Crippen molar-refractivity contribution in [1.29, 1.82) is 0 Å². The Balaban J connectivity index is 1.44. The highest BCUT2D eigenvalue weighted by Gasteiger charge is 2.14. The maximum Gasteiger partial charge on any atom is 0.257 e. The molecule has 0 atom stereocenters. The molecule has 1 aromatic heterocycles. The first-order chi connectivity index (χ1) is 13.2. The number of nitrogens with zero attached hydrogens (tertiary/aromatic N) is 3. The zero-order valence-electron chi connectivity index (χ0n) is 14.9. The number of hydrogen-bond donors (Lipinski definition) is 1. The van der Waals surface area contributed by atoms with Gasteiger partial charge in [-0.1, -0.05) is 24.3 Å². The Morgan fingerprint density at radius 2 is 1.96 bits per heavy atom. The molecule has 1 amide bonds. The number of halogens is 1. The van der Waals surface area contributed by atoms with Gasteiger partial charge >= 0.3 is 0 Å². The molecule has 27 heavy (non-hydrogen) atoms. The van der Waals surface area contributed by atoms with E-state index in [0.29, 0.717) is 22.2 Å². The van der Waals surface area contributed by atoms with Gasteiger partial charge in [0.05, 0.1) is 25.3 Å². The van der Waals surface area contributed by atoms with Crippen molar-refractivity contribution in [3.63, 3.8) is 0 Å². The first-order valence-electron chi connectivity index (χ1n) is 9.02. The van der Waals surface area contributed by atoms with Crippen LogP contribution in [-0.2, 0) is 11.3 Å². The number of hydrogen-bond acceptors (Lipinski definition) is 4. The molecule has 0 saturated carbocycles. The molecule has 1 saturated heterocycles. The van der Waals surface area contributed by atoms with Crippen molar-refractivity contribution < 1.29 is 13.9 Å². The molecule has 0 spiro atoms. The second kappa shape index (κ2) is 7.85. The summed E-state index contributed by atoms with van der Waals surface area (Å²) in [7, 11) is 0. The highest BCUT2D eigenvalue weighted by Crippen LogP contribution is 2.21. The summed E-state index contributed by atoms with van der Waals surface area (Å²) in [6, 6.07) is 11.7. The van der Waals surface area contributed by atoms with Gasteiger partial charge < -0.3 is 10.1 Å². The summed E-state index contributed by atoms with van der Waals surface area (Å²) in [5.74, 6) is -0.352. The lowest BCUT2D eigenvalue weighted by Gasteiger charge is -2.26. The first kappa shape index (κ1) is 17.6. The van der Waals surface area contributed by atoms with Crippen LogP contribution in [0.5, 0.6) is 0 Å². The van der Waals surface area contributed by atoms with Crippen molar-refractivity contribution >= 4 is 22.5 Å². The molecule has 1 aliphatic heterocycles. The minimum absolute atomic E-state index is 0.300. The summed E-state index contributed by atoms with van der Waals surface area (Å²) in [4.78, 5) is 15.0. The monoisotopic (exact) mass is 368 g/mol. The molecule has 0 unspecified atom stereocenters. The Hall–Kier alpha value is -2.77. The zero-order chi connectivity index (χ0) is 18.6. The number of fused-ring (bicyclic) bond motifs is 1. The number of nitrogens with one attached hydrogen (secondary N) is 1. The summed E-state index contributed by atoms with van der Waals surface area (Å²) in [6.45, 7) is 5.00. The summed E-state index contributed by atoms with van der Waals surface area (Å²) in [6.07, 6.45) is 1.83. The van der Waals surface area contributed by atoms with Gasteiger partial charge in [-0.25, -0.2) is 4.39 Å². The lowest BCUT2D eigenvalue weighted by atomic mass is 10.0. The van der Waals surface area contributed by atoms with Crippen LogP contribution in [0.15, 0.2) is 48.7 Å². The van der Waals surface area contributed by atoms with Crippen LogP contribution in [0.4, 0.5) is 10.2 Å². The molecule has 6 nitrogen and oxygen atoms in total. The molecule has 1 aliphatic rings. The van der Waals surface area contributed by atoms with E-state index in [2.05, 4.69) is 15.3 Å². The molecule has 2 heterocycles. The van der Waals surface area contributed by atoms with Gasteiger partial charge in [0.1, 0.15) is 5.82 Å². The molecule has 4 rings (SSSR count). The largest absolute Gasteiger partial charge is 0.379 e. The normalized spacial score (nSPS) is 15.1. The Kier molecular flexibility index (Phi) is 5.13. The van der Waals surface area contributed by atoms with Crippen molar-refractivity contribution in [3.05, 3.63) is 60.0 Å². The van der Waals surface area contributed by atoms with Crippen molar-refractivity contribution in [2.24, 2.45) is 0 Å². The van der Waals surface area contributed by atoms with Gasteiger partial charge in [-0.05, 0) is 22.9 Å². The predicted octanol–water partition coefficient (Wildman–Crippen LogP) is 2.76. The molecule has 0 bridgehead atoms. The van der Waals surface area contributed by atoms with Gasteiger partial charge in [-0.2, -0.15) is 5.10 Å². The quantitative estimate of drug-likeness (QED) is 0.752. The number of benzene rings is 2. The summed E-state index contributed by atoms with van der Waals surface area (Å²) in [5, 5.41) is 8.56. The Morgan fingerprint density at radius 1 is 1.15 bits per heavy atom. The van der Waals surface area contributed by atoms with Crippen molar-refractivity contribution in [3.8, 4) is 0 Å². The van der Waals surface area contributed by atoms with Crippen LogP contribution in [0.3, 0.4) is 0 Å². The third-order valence-electron chi connectivity index (χ3n) is 4.70. The highest BCUT2D eigenvalue weighted by atomic mass is 19.1. The van der Waals surface area contributed by atoms with E-state index in [9.17, 15) is 9.18 Å². The minimum atomic E-state index is -0.435. The number of amides is 1. The molecule has 0 radical (unpaired) electrons. The lowest BCUT2D eigenvalue weighted by Crippen LogP contribution is -2.38. The fraction of sp³-hybridized carbons (Fsp3) is 0.300. The van der Waals surface area contributed by atoms with E-state index >= 15 is 0 Å². The van der Waals surface area contributed by atoms with Crippen molar-refractivity contribution in [2.75, 3.05) is 38.2 Å². The van der Waals surface area contributed by atoms with Crippen LogP contribution in [0.2, 0.25) is 0 Å². The van der Waals surface area contributed by atoms with Crippen LogP contribution in [0, 0.1) is 5.82 Å². The number of rotatable bonds is 5. The molecule has 7 heteroatoms. The van der Waals surface area contributed by atoms with E-state index in [1.165, 1.54) is 12.1 Å². The predicted molar refractivity (Wildman–Crippen MR) is 101 cm³/mol. The molecule has 2 aromatic carbocycles. The van der Waals surface area contributed by atoms with Crippen LogP contribution in [0.25, 0.3) is 10.8 Å². The van der Waals surface area contributed by atoms with E-state index < -0.39 is 5.82 Å². The van der Waals surface area contributed by atoms with Gasteiger partial charge in [0, 0.05) is 31.9 Å². The fourth-order valence-corrected chi connectivity index (χ4v) is 3.27. The molecule has 3 aromatic rings. The molecule has 140 valence electrons. The molecular formula is C20H21FN4O2. The third-order valence-corrected chi connectivity index (χ3v) is 4.70. The highest BCUT2D eigenvalue weighted by molar-refractivity contribution is 6.12. The number of carbonyl (C=O) groups excluding carboxylic acids is 1. The van der Waals surface area contributed by atoms with E-state index in [1.807, 2.05) is 24.4 Å². The van der Waals surface area contributed by atoms with E-state index in [-0.39, 0.29) is 5.91 Å². The van der Waals surface area contributed by atoms with E-state index in [1.54, 1.807) is 16.8 Å². The van der Waals surface area contributed by atoms with E-state index in [4.69, 9.17) is 4.74 Å². The summed E-state index contributed by atoms with van der Waals surface area (Å²) < 4.78 is 21.0. The van der Waals surface area contributed by atoms with Crippen LogP contribution in [-0.4, -0.2) is 53.4 Å². The number of aromatic nitrogens is 2. The number of carbonyl (C=O) groups is 1. The van der Waals surface area contributed by atoms with Crippen molar-refractivity contribution in [2.45, 2.75) is 6.54 Å². The van der Waals surface area contributed by atoms with Gasteiger partial charge in [-0.15, -0.1) is 0 Å². The Bertz CT molecular complexity index is 950.